The predicted molar refractivity (Wildman–Crippen MR) is 69.6 cm³/mol. The maximum atomic E-state index is 12.7. The molecule has 0 saturated carbocycles. The van der Waals surface area contributed by atoms with E-state index in [1.165, 1.54) is 26.3 Å². The molecule has 0 saturated heterocycles. The average Bonchev–Trinajstić information content (AvgIpc) is 2.46. The molecule has 1 aromatic heterocycles. The number of benzene rings is 1. The molecule has 0 radical (unpaired) electrons. The fourth-order valence-corrected chi connectivity index (χ4v) is 1.52. The van der Waals surface area contributed by atoms with Crippen molar-refractivity contribution >= 4 is 5.82 Å². The van der Waals surface area contributed by atoms with E-state index < -0.39 is 12.0 Å². The molecule has 0 aliphatic rings. The van der Waals surface area contributed by atoms with Crippen molar-refractivity contribution in [1.82, 2.24) is 9.97 Å². The smallest absolute Gasteiger partial charge is 0.451 e. The van der Waals surface area contributed by atoms with E-state index in [0.717, 1.165) is 0 Å². The maximum Gasteiger partial charge on any atom is 0.451 e. The highest BCUT2D eigenvalue weighted by Crippen LogP contribution is 2.31. The summed E-state index contributed by atoms with van der Waals surface area (Å²) in [5, 5.41) is 2.53. The molecule has 0 aliphatic carbocycles. The van der Waals surface area contributed by atoms with Gasteiger partial charge in [-0.3, -0.25) is 0 Å². The summed E-state index contributed by atoms with van der Waals surface area (Å²) < 4.78 is 48.5. The topological polar surface area (TPSA) is 56.3 Å². The van der Waals surface area contributed by atoms with Gasteiger partial charge in [0.25, 0.3) is 0 Å². The van der Waals surface area contributed by atoms with Crippen molar-refractivity contribution in [3.05, 3.63) is 36.2 Å². The largest absolute Gasteiger partial charge is 0.497 e. The SMILES string of the molecule is CNc1cc(Oc2cccc(OC)c2)nc(C(F)(F)F)n1. The van der Waals surface area contributed by atoms with Crippen molar-refractivity contribution in [2.45, 2.75) is 6.18 Å². The molecular formula is C13H12F3N3O2. The molecule has 1 heterocycles. The van der Waals surface area contributed by atoms with Crippen LogP contribution in [0.4, 0.5) is 19.0 Å². The van der Waals surface area contributed by atoms with Crippen LogP contribution in [-0.4, -0.2) is 24.1 Å². The average molecular weight is 299 g/mol. The van der Waals surface area contributed by atoms with Crippen molar-refractivity contribution in [1.29, 1.82) is 0 Å². The Bertz CT molecular complexity index is 632. The lowest BCUT2D eigenvalue weighted by Crippen LogP contribution is -2.12. The molecule has 5 nitrogen and oxygen atoms in total. The van der Waals surface area contributed by atoms with E-state index in [-0.39, 0.29) is 11.7 Å². The standard InChI is InChI=1S/C13H12F3N3O2/c1-17-10-7-11(19-12(18-10)13(14,15)16)21-9-5-3-4-8(6-9)20-2/h3-7H,1-2H3,(H,17,18,19). The first kappa shape index (κ1) is 14.9. The van der Waals surface area contributed by atoms with Gasteiger partial charge in [0, 0.05) is 19.2 Å². The first-order chi connectivity index (χ1) is 9.92. The van der Waals surface area contributed by atoms with Crippen LogP contribution in [0.1, 0.15) is 5.82 Å². The van der Waals surface area contributed by atoms with Crippen molar-refractivity contribution in [3.63, 3.8) is 0 Å². The molecule has 112 valence electrons. The van der Waals surface area contributed by atoms with Gasteiger partial charge in [0.1, 0.15) is 17.3 Å². The number of nitrogens with one attached hydrogen (secondary N) is 1. The van der Waals surface area contributed by atoms with Gasteiger partial charge >= 0.3 is 6.18 Å². The third-order valence-corrected chi connectivity index (χ3v) is 2.48. The molecule has 0 amide bonds. The number of halogens is 3. The molecular weight excluding hydrogens is 287 g/mol. The predicted octanol–water partition coefficient (Wildman–Crippen LogP) is 3.34. The summed E-state index contributed by atoms with van der Waals surface area (Å²) in [6, 6.07) is 7.73. The Hall–Kier alpha value is -2.51. The number of aromatic nitrogens is 2. The number of methoxy groups -OCH3 is 1. The van der Waals surface area contributed by atoms with E-state index in [0.29, 0.717) is 11.5 Å². The van der Waals surface area contributed by atoms with Crippen LogP contribution in [0, 0.1) is 0 Å². The minimum absolute atomic E-state index is 0.00946. The Morgan fingerprint density at radius 1 is 1.10 bits per heavy atom. The van der Waals surface area contributed by atoms with Crippen LogP contribution in [0.5, 0.6) is 17.4 Å². The van der Waals surface area contributed by atoms with Crippen LogP contribution >= 0.6 is 0 Å². The second-order valence-corrected chi connectivity index (χ2v) is 3.94. The van der Waals surface area contributed by atoms with Gasteiger partial charge in [-0.25, -0.2) is 4.98 Å². The number of rotatable bonds is 4. The zero-order valence-corrected chi connectivity index (χ0v) is 11.2. The fourth-order valence-electron chi connectivity index (χ4n) is 1.52. The van der Waals surface area contributed by atoms with Gasteiger partial charge in [0.15, 0.2) is 0 Å². The van der Waals surface area contributed by atoms with Crippen LogP contribution in [-0.2, 0) is 6.18 Å². The molecule has 0 spiro atoms. The molecule has 0 atom stereocenters. The van der Waals surface area contributed by atoms with Crippen LogP contribution < -0.4 is 14.8 Å². The van der Waals surface area contributed by atoms with Crippen LogP contribution in [0.25, 0.3) is 0 Å². The van der Waals surface area contributed by atoms with Crippen molar-refractivity contribution in [2.75, 3.05) is 19.5 Å². The first-order valence-electron chi connectivity index (χ1n) is 5.88. The number of hydrogen-bond acceptors (Lipinski definition) is 5. The highest BCUT2D eigenvalue weighted by Gasteiger charge is 2.35. The van der Waals surface area contributed by atoms with E-state index in [4.69, 9.17) is 9.47 Å². The lowest BCUT2D eigenvalue weighted by atomic mass is 10.3. The lowest BCUT2D eigenvalue weighted by molar-refractivity contribution is -0.145. The van der Waals surface area contributed by atoms with Crippen LogP contribution in [0.2, 0.25) is 0 Å². The minimum Gasteiger partial charge on any atom is -0.497 e. The fraction of sp³-hybridized carbons (Fsp3) is 0.231. The first-order valence-corrected chi connectivity index (χ1v) is 5.88. The number of nitrogens with zero attached hydrogens (tertiary/aromatic N) is 2. The zero-order chi connectivity index (χ0) is 15.5. The lowest BCUT2D eigenvalue weighted by Gasteiger charge is -2.11. The number of alkyl halides is 3. The van der Waals surface area contributed by atoms with Crippen molar-refractivity contribution < 1.29 is 22.6 Å². The molecule has 2 rings (SSSR count). The maximum absolute atomic E-state index is 12.7. The van der Waals surface area contributed by atoms with Crippen LogP contribution in [0.3, 0.4) is 0 Å². The Balaban J connectivity index is 2.34. The monoisotopic (exact) mass is 299 g/mol. The Morgan fingerprint density at radius 3 is 2.43 bits per heavy atom. The second-order valence-electron chi connectivity index (χ2n) is 3.94. The summed E-state index contributed by atoms with van der Waals surface area (Å²) in [6.07, 6.45) is -4.65. The Morgan fingerprint density at radius 2 is 1.81 bits per heavy atom. The zero-order valence-electron chi connectivity index (χ0n) is 11.2. The molecule has 0 fully saturated rings. The van der Waals surface area contributed by atoms with Crippen molar-refractivity contribution in [3.8, 4) is 17.4 Å². The summed E-state index contributed by atoms with van der Waals surface area (Å²) in [7, 11) is 2.93. The van der Waals surface area contributed by atoms with Crippen molar-refractivity contribution in [2.24, 2.45) is 0 Å². The van der Waals surface area contributed by atoms with Gasteiger partial charge < -0.3 is 14.8 Å². The summed E-state index contributed by atoms with van der Waals surface area (Å²) in [4.78, 5) is 6.71. The highest BCUT2D eigenvalue weighted by atomic mass is 19.4. The van der Waals surface area contributed by atoms with E-state index in [9.17, 15) is 13.2 Å². The Labute approximate surface area is 118 Å². The summed E-state index contributed by atoms with van der Waals surface area (Å²) in [5.41, 5.74) is 0. The molecule has 8 heteroatoms. The molecule has 0 aliphatic heterocycles. The quantitative estimate of drug-likeness (QED) is 0.938. The van der Waals surface area contributed by atoms with Gasteiger partial charge in [0.05, 0.1) is 7.11 Å². The number of ether oxygens (including phenoxy) is 2. The van der Waals surface area contributed by atoms with Gasteiger partial charge in [-0.05, 0) is 12.1 Å². The molecule has 0 unspecified atom stereocenters. The third kappa shape index (κ3) is 3.74. The normalized spacial score (nSPS) is 11.1. The second kappa shape index (κ2) is 5.86. The van der Waals surface area contributed by atoms with Gasteiger partial charge in [0.2, 0.25) is 11.7 Å². The number of hydrogen-bond donors (Lipinski definition) is 1. The highest BCUT2D eigenvalue weighted by molar-refractivity contribution is 5.41. The molecule has 0 bridgehead atoms. The Kier molecular flexibility index (Phi) is 4.15. The van der Waals surface area contributed by atoms with Gasteiger partial charge in [-0.2, -0.15) is 18.2 Å². The summed E-state index contributed by atoms with van der Waals surface area (Å²) >= 11 is 0. The van der Waals surface area contributed by atoms with E-state index in [1.807, 2.05) is 0 Å². The third-order valence-electron chi connectivity index (χ3n) is 2.48. The molecule has 1 aromatic carbocycles. The minimum atomic E-state index is -4.65. The van der Waals surface area contributed by atoms with Gasteiger partial charge in [-0.15, -0.1) is 0 Å². The number of anilines is 1. The van der Waals surface area contributed by atoms with E-state index in [2.05, 4.69) is 15.3 Å². The van der Waals surface area contributed by atoms with E-state index >= 15 is 0 Å². The molecule has 2 aromatic rings. The van der Waals surface area contributed by atoms with E-state index in [1.54, 1.807) is 18.2 Å². The molecule has 1 N–H and O–H groups in total. The molecule has 21 heavy (non-hydrogen) atoms. The van der Waals surface area contributed by atoms with Gasteiger partial charge in [-0.1, -0.05) is 6.07 Å². The van der Waals surface area contributed by atoms with Crippen LogP contribution in [0.15, 0.2) is 30.3 Å². The summed E-state index contributed by atoms with van der Waals surface area (Å²) in [5.74, 6) is -0.646. The summed E-state index contributed by atoms with van der Waals surface area (Å²) in [6.45, 7) is 0.